The second-order valence-corrected chi connectivity index (χ2v) is 11.1. The molecule has 0 radical (unpaired) electrons. The molecule has 0 amide bonds. The molecule has 1 aliphatic heterocycles. The standard InChI is InChI=1S/C33H30BrN5O/c34-29-21-36-39-32(19-30(37-33(29)39)28-10-4-5-11-31(28)40)35-20-27-9-6-18-38(23-27)22-26-16-14-25(15-17-26)13-12-24-7-2-1-3-8-24/h1-5,7-8,10-11,14-17,19,21,27,35,40H,6,9,18,20,22-23H2. The number of para-hydroxylation sites is 1. The molecule has 1 unspecified atom stereocenters. The van der Waals surface area contributed by atoms with E-state index >= 15 is 0 Å². The maximum atomic E-state index is 10.4. The molecule has 1 atom stereocenters. The lowest BCUT2D eigenvalue weighted by Crippen LogP contribution is -2.37. The van der Waals surface area contributed by atoms with Crippen molar-refractivity contribution in [2.45, 2.75) is 19.4 Å². The van der Waals surface area contributed by atoms with Crippen molar-refractivity contribution in [3.05, 3.63) is 112 Å². The van der Waals surface area contributed by atoms with Crippen molar-refractivity contribution in [3.8, 4) is 28.8 Å². The van der Waals surface area contributed by atoms with E-state index in [-0.39, 0.29) is 5.75 Å². The Labute approximate surface area is 242 Å². The molecule has 0 bridgehead atoms. The number of phenolic OH excluding ortho intramolecular Hbond substituents is 1. The summed E-state index contributed by atoms with van der Waals surface area (Å²) in [6.07, 6.45) is 4.11. The Balaban J connectivity index is 1.11. The smallest absolute Gasteiger partial charge is 0.172 e. The van der Waals surface area contributed by atoms with Gasteiger partial charge in [-0.1, -0.05) is 54.3 Å². The second kappa shape index (κ2) is 12.0. The molecule has 6 rings (SSSR count). The van der Waals surface area contributed by atoms with Crippen LogP contribution in [0.1, 0.15) is 29.5 Å². The largest absolute Gasteiger partial charge is 0.507 e. The number of aromatic nitrogens is 3. The van der Waals surface area contributed by atoms with Gasteiger partial charge in [-0.25, -0.2) is 4.98 Å². The zero-order valence-electron chi connectivity index (χ0n) is 22.1. The topological polar surface area (TPSA) is 65.7 Å². The lowest BCUT2D eigenvalue weighted by atomic mass is 9.97. The number of aromatic hydroxyl groups is 1. The van der Waals surface area contributed by atoms with Gasteiger partial charge in [0.2, 0.25) is 0 Å². The van der Waals surface area contributed by atoms with Gasteiger partial charge in [-0.15, -0.1) is 0 Å². The van der Waals surface area contributed by atoms with E-state index < -0.39 is 0 Å². The van der Waals surface area contributed by atoms with E-state index in [1.807, 2.05) is 59.1 Å². The zero-order valence-corrected chi connectivity index (χ0v) is 23.7. The molecule has 0 aliphatic carbocycles. The van der Waals surface area contributed by atoms with Crippen LogP contribution >= 0.6 is 15.9 Å². The average Bonchev–Trinajstić information content (AvgIpc) is 3.37. The zero-order chi connectivity index (χ0) is 27.3. The Kier molecular flexibility index (Phi) is 7.80. The Hall–Kier alpha value is -4.12. The lowest BCUT2D eigenvalue weighted by Gasteiger charge is -2.33. The molecule has 1 fully saturated rings. The molecular formula is C33H30BrN5O. The summed E-state index contributed by atoms with van der Waals surface area (Å²) in [6.45, 7) is 3.91. The van der Waals surface area contributed by atoms with Gasteiger partial charge in [-0.05, 0) is 83.2 Å². The maximum Gasteiger partial charge on any atom is 0.172 e. The highest BCUT2D eigenvalue weighted by molar-refractivity contribution is 9.10. The van der Waals surface area contributed by atoms with Crippen LogP contribution in [0.5, 0.6) is 5.75 Å². The predicted octanol–water partition coefficient (Wildman–Crippen LogP) is 6.59. The fraction of sp³-hybridized carbons (Fsp3) is 0.212. The normalized spacial score (nSPS) is 15.5. The first kappa shape index (κ1) is 26.1. The van der Waals surface area contributed by atoms with Crippen LogP contribution in [0, 0.1) is 17.8 Å². The summed E-state index contributed by atoms with van der Waals surface area (Å²) in [7, 11) is 0. The number of anilines is 1. The number of fused-ring (bicyclic) bond motifs is 1. The summed E-state index contributed by atoms with van der Waals surface area (Å²) < 4.78 is 2.63. The molecule has 3 aromatic carbocycles. The van der Waals surface area contributed by atoms with Crippen LogP contribution in [-0.2, 0) is 6.54 Å². The molecule has 0 spiro atoms. The lowest BCUT2D eigenvalue weighted by molar-refractivity contribution is 0.173. The summed E-state index contributed by atoms with van der Waals surface area (Å²) in [4.78, 5) is 7.29. The SMILES string of the molecule is Oc1ccccc1-c1cc(NCC2CCCN(Cc3ccc(C#Cc4ccccc4)cc3)C2)n2ncc(Br)c2n1. The molecule has 0 saturated carbocycles. The Bertz CT molecular complexity index is 1670. The fourth-order valence-electron chi connectivity index (χ4n) is 5.22. The number of likely N-dealkylation sites (tertiary alicyclic amines) is 1. The van der Waals surface area contributed by atoms with Gasteiger partial charge in [-0.3, -0.25) is 4.90 Å². The number of benzene rings is 3. The van der Waals surface area contributed by atoms with E-state index in [1.54, 1.807) is 12.3 Å². The van der Waals surface area contributed by atoms with Gasteiger partial charge in [0.15, 0.2) is 5.65 Å². The molecule has 7 heteroatoms. The number of nitrogens with one attached hydrogen (secondary N) is 1. The van der Waals surface area contributed by atoms with Crippen molar-refractivity contribution < 1.29 is 5.11 Å². The fourth-order valence-corrected chi connectivity index (χ4v) is 5.57. The van der Waals surface area contributed by atoms with E-state index in [2.05, 4.69) is 67.4 Å². The van der Waals surface area contributed by atoms with Gasteiger partial charge in [0, 0.05) is 42.4 Å². The molecule has 6 nitrogen and oxygen atoms in total. The minimum Gasteiger partial charge on any atom is -0.507 e. The summed E-state index contributed by atoms with van der Waals surface area (Å²) in [6, 6.07) is 28.0. The van der Waals surface area contributed by atoms with E-state index in [1.165, 1.54) is 18.4 Å². The molecule has 3 heterocycles. The highest BCUT2D eigenvalue weighted by atomic mass is 79.9. The van der Waals surface area contributed by atoms with E-state index in [0.29, 0.717) is 22.8 Å². The van der Waals surface area contributed by atoms with Crippen LogP contribution in [0.3, 0.4) is 0 Å². The van der Waals surface area contributed by atoms with Gasteiger partial charge in [0.05, 0.1) is 16.4 Å². The summed E-state index contributed by atoms with van der Waals surface area (Å²) in [5.74, 6) is 8.08. The molecule has 2 aromatic heterocycles. The van der Waals surface area contributed by atoms with Crippen molar-refractivity contribution in [2.24, 2.45) is 5.92 Å². The predicted molar refractivity (Wildman–Crippen MR) is 163 cm³/mol. The van der Waals surface area contributed by atoms with Gasteiger partial charge in [0.1, 0.15) is 11.6 Å². The summed E-state index contributed by atoms with van der Waals surface area (Å²) >= 11 is 3.57. The van der Waals surface area contributed by atoms with Gasteiger partial charge >= 0.3 is 0 Å². The van der Waals surface area contributed by atoms with Crippen molar-refractivity contribution in [3.63, 3.8) is 0 Å². The number of phenols is 1. The highest BCUT2D eigenvalue weighted by Gasteiger charge is 2.21. The van der Waals surface area contributed by atoms with Crippen LogP contribution in [-0.4, -0.2) is 44.2 Å². The van der Waals surface area contributed by atoms with Gasteiger partial charge in [-0.2, -0.15) is 9.61 Å². The minimum atomic E-state index is 0.208. The highest BCUT2D eigenvalue weighted by Crippen LogP contribution is 2.31. The summed E-state index contributed by atoms with van der Waals surface area (Å²) in [5.41, 5.74) is 5.49. The number of piperidine rings is 1. The molecule has 40 heavy (non-hydrogen) atoms. The first-order valence-electron chi connectivity index (χ1n) is 13.6. The van der Waals surface area contributed by atoms with Crippen LogP contribution in [0.2, 0.25) is 0 Å². The third kappa shape index (κ3) is 6.04. The summed E-state index contributed by atoms with van der Waals surface area (Å²) in [5, 5.41) is 18.6. The van der Waals surface area contributed by atoms with Crippen LogP contribution in [0.4, 0.5) is 5.82 Å². The van der Waals surface area contributed by atoms with Crippen molar-refractivity contribution in [1.29, 1.82) is 0 Å². The average molecular weight is 593 g/mol. The Morgan fingerprint density at radius 2 is 1.70 bits per heavy atom. The number of hydrogen-bond donors (Lipinski definition) is 2. The number of rotatable bonds is 6. The molecular weight excluding hydrogens is 562 g/mol. The molecule has 1 aliphatic rings. The van der Waals surface area contributed by atoms with E-state index in [4.69, 9.17) is 4.98 Å². The molecule has 1 saturated heterocycles. The van der Waals surface area contributed by atoms with Crippen molar-refractivity contribution in [2.75, 3.05) is 25.0 Å². The Morgan fingerprint density at radius 3 is 2.50 bits per heavy atom. The number of nitrogens with zero attached hydrogens (tertiary/aromatic N) is 4. The van der Waals surface area contributed by atoms with Gasteiger partial charge < -0.3 is 10.4 Å². The monoisotopic (exact) mass is 591 g/mol. The molecule has 200 valence electrons. The quantitative estimate of drug-likeness (QED) is 0.218. The molecule has 5 aromatic rings. The second-order valence-electron chi connectivity index (χ2n) is 10.2. The van der Waals surface area contributed by atoms with Gasteiger partial charge in [0.25, 0.3) is 0 Å². The van der Waals surface area contributed by atoms with Crippen LogP contribution in [0.25, 0.3) is 16.9 Å². The molecule has 2 N–H and O–H groups in total. The first-order valence-corrected chi connectivity index (χ1v) is 14.4. The number of halogens is 1. The third-order valence-corrected chi connectivity index (χ3v) is 7.83. The van der Waals surface area contributed by atoms with E-state index in [9.17, 15) is 5.11 Å². The number of hydrogen-bond acceptors (Lipinski definition) is 5. The van der Waals surface area contributed by atoms with Crippen molar-refractivity contribution in [1.82, 2.24) is 19.5 Å². The minimum absolute atomic E-state index is 0.208. The Morgan fingerprint density at radius 1 is 0.950 bits per heavy atom. The third-order valence-electron chi connectivity index (χ3n) is 7.27. The maximum absolute atomic E-state index is 10.4. The van der Waals surface area contributed by atoms with Crippen LogP contribution < -0.4 is 5.32 Å². The van der Waals surface area contributed by atoms with E-state index in [0.717, 1.165) is 47.6 Å². The van der Waals surface area contributed by atoms with Crippen LogP contribution in [0.15, 0.2) is 95.6 Å². The first-order chi connectivity index (χ1) is 19.6. The van der Waals surface area contributed by atoms with Crippen molar-refractivity contribution >= 4 is 27.4 Å².